The maximum absolute atomic E-state index is 12.5. The molecule has 1 aliphatic rings. The van der Waals surface area contributed by atoms with E-state index in [1.165, 1.54) is 11.3 Å². The molecule has 0 aliphatic heterocycles. The lowest BCUT2D eigenvalue weighted by Gasteiger charge is -2.15. The fourth-order valence-electron chi connectivity index (χ4n) is 2.47. The van der Waals surface area contributed by atoms with Crippen LogP contribution < -0.4 is 5.73 Å². The Bertz CT molecular complexity index is 662. The van der Waals surface area contributed by atoms with Gasteiger partial charge in [0.15, 0.2) is 9.84 Å². The van der Waals surface area contributed by atoms with E-state index in [2.05, 4.69) is 0 Å². The van der Waals surface area contributed by atoms with Crippen LogP contribution in [-0.2, 0) is 16.3 Å². The van der Waals surface area contributed by atoms with Crippen molar-refractivity contribution in [3.8, 4) is 0 Å². The second-order valence-electron chi connectivity index (χ2n) is 4.44. The Hall–Kier alpha value is -1.17. The molecule has 5 heteroatoms. The standard InChI is InChI=1S/C13H13NO2S2/c14-13-10-5-2-1-4-9(10)8-11(13)18(15,16)12-6-3-7-17-12/h1-7,11,13H,8,14H2. The molecule has 2 N–H and O–H groups in total. The van der Waals surface area contributed by atoms with E-state index in [4.69, 9.17) is 5.73 Å². The topological polar surface area (TPSA) is 60.2 Å². The zero-order valence-corrected chi connectivity index (χ0v) is 11.2. The van der Waals surface area contributed by atoms with Crippen LogP contribution in [0, 0.1) is 0 Å². The highest BCUT2D eigenvalue weighted by atomic mass is 32.2. The van der Waals surface area contributed by atoms with Gasteiger partial charge in [0.25, 0.3) is 0 Å². The summed E-state index contributed by atoms with van der Waals surface area (Å²) in [7, 11) is -3.32. The predicted octanol–water partition coefficient (Wildman–Crippen LogP) is 2.15. The van der Waals surface area contributed by atoms with Crippen LogP contribution in [0.15, 0.2) is 46.0 Å². The first kappa shape index (κ1) is 11.9. The summed E-state index contributed by atoms with van der Waals surface area (Å²) in [5, 5.41) is 1.24. The third-order valence-electron chi connectivity index (χ3n) is 3.41. The molecule has 1 aromatic heterocycles. The molecule has 0 spiro atoms. The van der Waals surface area contributed by atoms with E-state index >= 15 is 0 Å². The van der Waals surface area contributed by atoms with Crippen molar-refractivity contribution in [3.05, 3.63) is 52.9 Å². The number of sulfone groups is 1. The Morgan fingerprint density at radius 2 is 1.94 bits per heavy atom. The minimum absolute atomic E-state index is 0.413. The van der Waals surface area contributed by atoms with Gasteiger partial charge in [0.05, 0.1) is 5.25 Å². The number of benzene rings is 1. The Kier molecular flexibility index (Phi) is 2.77. The van der Waals surface area contributed by atoms with Gasteiger partial charge in [-0.2, -0.15) is 0 Å². The molecule has 3 rings (SSSR count). The van der Waals surface area contributed by atoms with Gasteiger partial charge in [0.1, 0.15) is 4.21 Å². The monoisotopic (exact) mass is 279 g/mol. The van der Waals surface area contributed by atoms with E-state index in [0.717, 1.165) is 11.1 Å². The number of thiophene rings is 1. The molecule has 2 aromatic rings. The summed E-state index contributed by atoms with van der Waals surface area (Å²) >= 11 is 1.25. The lowest BCUT2D eigenvalue weighted by molar-refractivity contribution is 0.567. The molecule has 0 saturated carbocycles. The zero-order valence-electron chi connectivity index (χ0n) is 9.61. The van der Waals surface area contributed by atoms with E-state index in [1.54, 1.807) is 17.5 Å². The molecule has 0 radical (unpaired) electrons. The summed E-state index contributed by atoms with van der Waals surface area (Å²) in [6.07, 6.45) is 0.511. The van der Waals surface area contributed by atoms with Crippen molar-refractivity contribution in [2.75, 3.05) is 0 Å². The Morgan fingerprint density at radius 3 is 2.61 bits per heavy atom. The van der Waals surface area contributed by atoms with E-state index in [0.29, 0.717) is 10.6 Å². The minimum atomic E-state index is -3.32. The average Bonchev–Trinajstić information content (AvgIpc) is 2.98. The van der Waals surface area contributed by atoms with E-state index in [-0.39, 0.29) is 0 Å². The van der Waals surface area contributed by atoms with Crippen LogP contribution in [0.5, 0.6) is 0 Å². The van der Waals surface area contributed by atoms with Gasteiger partial charge < -0.3 is 5.73 Å². The van der Waals surface area contributed by atoms with Crippen molar-refractivity contribution in [2.45, 2.75) is 21.9 Å². The summed E-state index contributed by atoms with van der Waals surface area (Å²) in [5.74, 6) is 0. The average molecular weight is 279 g/mol. The Balaban J connectivity index is 2.03. The molecule has 2 unspecified atom stereocenters. The molecule has 0 saturated heterocycles. The third kappa shape index (κ3) is 1.70. The van der Waals surface area contributed by atoms with Gasteiger partial charge in [-0.15, -0.1) is 11.3 Å². The number of rotatable bonds is 2. The van der Waals surface area contributed by atoms with Crippen molar-refractivity contribution in [1.82, 2.24) is 0 Å². The highest BCUT2D eigenvalue weighted by molar-refractivity contribution is 7.94. The second kappa shape index (κ2) is 4.19. The first-order chi connectivity index (χ1) is 8.60. The lowest BCUT2D eigenvalue weighted by Crippen LogP contribution is -2.30. The summed E-state index contributed by atoms with van der Waals surface area (Å²) in [6.45, 7) is 0. The molecular formula is C13H13NO2S2. The summed E-state index contributed by atoms with van der Waals surface area (Å²) in [5.41, 5.74) is 8.12. The summed E-state index contributed by atoms with van der Waals surface area (Å²) < 4.78 is 25.4. The Morgan fingerprint density at radius 1 is 1.17 bits per heavy atom. The molecule has 1 aromatic carbocycles. The molecule has 0 fully saturated rings. The van der Waals surface area contributed by atoms with Crippen LogP contribution in [0.4, 0.5) is 0 Å². The smallest absolute Gasteiger partial charge is 0.192 e. The van der Waals surface area contributed by atoms with E-state index in [9.17, 15) is 8.42 Å². The first-order valence-corrected chi connectivity index (χ1v) is 8.14. The van der Waals surface area contributed by atoms with Gasteiger partial charge in [0, 0.05) is 6.04 Å². The first-order valence-electron chi connectivity index (χ1n) is 5.71. The van der Waals surface area contributed by atoms with Crippen molar-refractivity contribution in [1.29, 1.82) is 0 Å². The molecule has 94 valence electrons. The van der Waals surface area contributed by atoms with Crippen molar-refractivity contribution in [3.63, 3.8) is 0 Å². The minimum Gasteiger partial charge on any atom is -0.323 e. The van der Waals surface area contributed by atoms with Gasteiger partial charge in [-0.25, -0.2) is 8.42 Å². The Labute approximate surface area is 110 Å². The van der Waals surface area contributed by atoms with Gasteiger partial charge in [-0.3, -0.25) is 0 Å². The molecule has 1 heterocycles. The number of hydrogen-bond donors (Lipinski definition) is 1. The summed E-state index contributed by atoms with van der Waals surface area (Å²) in [6, 6.07) is 10.7. The molecule has 2 atom stereocenters. The SMILES string of the molecule is NC1c2ccccc2CC1S(=O)(=O)c1cccs1. The summed E-state index contributed by atoms with van der Waals surface area (Å²) in [4.78, 5) is 0. The molecular weight excluding hydrogens is 266 g/mol. The fourth-order valence-corrected chi connectivity index (χ4v) is 5.49. The van der Waals surface area contributed by atoms with Gasteiger partial charge in [-0.05, 0) is 29.0 Å². The number of hydrogen-bond acceptors (Lipinski definition) is 4. The lowest BCUT2D eigenvalue weighted by atomic mass is 10.1. The number of fused-ring (bicyclic) bond motifs is 1. The molecule has 1 aliphatic carbocycles. The van der Waals surface area contributed by atoms with Crippen LogP contribution in [0.1, 0.15) is 17.2 Å². The normalized spacial score (nSPS) is 22.9. The maximum atomic E-state index is 12.5. The van der Waals surface area contributed by atoms with Crippen LogP contribution in [0.25, 0.3) is 0 Å². The number of nitrogens with two attached hydrogens (primary N) is 1. The fraction of sp³-hybridized carbons (Fsp3) is 0.231. The van der Waals surface area contributed by atoms with Crippen molar-refractivity contribution in [2.24, 2.45) is 5.73 Å². The van der Waals surface area contributed by atoms with E-state index in [1.807, 2.05) is 24.3 Å². The molecule has 0 bridgehead atoms. The van der Waals surface area contributed by atoms with Gasteiger partial charge in [0.2, 0.25) is 0 Å². The van der Waals surface area contributed by atoms with Crippen molar-refractivity contribution >= 4 is 21.2 Å². The van der Waals surface area contributed by atoms with E-state index < -0.39 is 21.1 Å². The van der Waals surface area contributed by atoms with Gasteiger partial charge in [-0.1, -0.05) is 30.3 Å². The van der Waals surface area contributed by atoms with Crippen LogP contribution in [0.2, 0.25) is 0 Å². The van der Waals surface area contributed by atoms with Crippen molar-refractivity contribution < 1.29 is 8.42 Å². The van der Waals surface area contributed by atoms with Crippen LogP contribution >= 0.6 is 11.3 Å². The molecule has 3 nitrogen and oxygen atoms in total. The largest absolute Gasteiger partial charge is 0.323 e. The van der Waals surface area contributed by atoms with Gasteiger partial charge >= 0.3 is 0 Å². The van der Waals surface area contributed by atoms with Crippen LogP contribution in [-0.4, -0.2) is 13.7 Å². The quantitative estimate of drug-likeness (QED) is 0.916. The highest BCUT2D eigenvalue weighted by Crippen LogP contribution is 2.37. The predicted molar refractivity (Wildman–Crippen MR) is 72.4 cm³/mol. The zero-order chi connectivity index (χ0) is 12.8. The maximum Gasteiger partial charge on any atom is 0.192 e. The third-order valence-corrected chi connectivity index (χ3v) is 7.01. The molecule has 18 heavy (non-hydrogen) atoms. The molecule has 0 amide bonds. The second-order valence-corrected chi connectivity index (χ2v) is 7.79. The van der Waals surface area contributed by atoms with Crippen LogP contribution in [0.3, 0.4) is 0 Å². The highest BCUT2D eigenvalue weighted by Gasteiger charge is 2.39.